The maximum Gasteiger partial charge on any atom is 0.408 e. The number of hydrogen-bond acceptors (Lipinski definition) is 3. The Bertz CT molecular complexity index is 541. The van der Waals surface area contributed by atoms with Crippen molar-refractivity contribution in [3.05, 3.63) is 35.9 Å². The normalized spacial score (nSPS) is 18.3. The Hall–Kier alpha value is -2.04. The van der Waals surface area contributed by atoms with E-state index in [0.29, 0.717) is 11.8 Å². The zero-order chi connectivity index (χ0) is 16.2. The first-order valence-electron chi connectivity index (χ1n) is 8.38. The van der Waals surface area contributed by atoms with Gasteiger partial charge in [0.1, 0.15) is 12.6 Å². The van der Waals surface area contributed by atoms with E-state index in [1.54, 1.807) is 7.05 Å². The highest BCUT2D eigenvalue weighted by molar-refractivity contribution is 5.85. The van der Waals surface area contributed by atoms with Gasteiger partial charge in [-0.05, 0) is 49.0 Å². The highest BCUT2D eigenvalue weighted by Crippen LogP contribution is 2.50. The molecule has 2 fully saturated rings. The lowest BCUT2D eigenvalue weighted by Crippen LogP contribution is -2.51. The molecule has 3 rings (SSSR count). The first kappa shape index (κ1) is 15.8. The molecule has 124 valence electrons. The predicted molar refractivity (Wildman–Crippen MR) is 86.6 cm³/mol. The van der Waals surface area contributed by atoms with Crippen molar-refractivity contribution in [1.82, 2.24) is 10.6 Å². The van der Waals surface area contributed by atoms with Crippen LogP contribution in [-0.4, -0.2) is 25.1 Å². The van der Waals surface area contributed by atoms with Crippen molar-refractivity contribution in [2.24, 2.45) is 17.8 Å². The van der Waals surface area contributed by atoms with Crippen molar-refractivity contribution < 1.29 is 14.3 Å². The van der Waals surface area contributed by atoms with E-state index >= 15 is 0 Å². The molecule has 2 N–H and O–H groups in total. The number of benzene rings is 1. The lowest BCUT2D eigenvalue weighted by Gasteiger charge is -2.26. The SMILES string of the molecule is CNC(=O)C(NC(=O)OCc1ccccc1)C(C1CC1)C1CC1. The van der Waals surface area contributed by atoms with Crippen LogP contribution >= 0.6 is 0 Å². The van der Waals surface area contributed by atoms with Crippen molar-refractivity contribution in [2.75, 3.05) is 7.05 Å². The number of amides is 2. The molecule has 0 bridgehead atoms. The van der Waals surface area contributed by atoms with Crippen molar-refractivity contribution in [2.45, 2.75) is 38.3 Å². The minimum absolute atomic E-state index is 0.120. The summed E-state index contributed by atoms with van der Waals surface area (Å²) in [6, 6.07) is 9.05. The van der Waals surface area contributed by atoms with Gasteiger partial charge in [0.15, 0.2) is 0 Å². The van der Waals surface area contributed by atoms with Crippen LogP contribution in [0.3, 0.4) is 0 Å². The standard InChI is InChI=1S/C18H24N2O3/c1-19-17(21)16(15(13-7-8-13)14-9-10-14)20-18(22)23-11-12-5-3-2-4-6-12/h2-6,13-16H,7-11H2,1H3,(H,19,21)(H,20,22). The van der Waals surface area contributed by atoms with Gasteiger partial charge in [-0.3, -0.25) is 4.79 Å². The number of likely N-dealkylation sites (N-methyl/N-ethyl adjacent to an activating group) is 1. The summed E-state index contributed by atoms with van der Waals surface area (Å²) in [6.45, 7) is 0.213. The van der Waals surface area contributed by atoms with Crippen LogP contribution in [0.4, 0.5) is 4.79 Å². The molecule has 0 aromatic heterocycles. The number of hydrogen-bond donors (Lipinski definition) is 2. The van der Waals surface area contributed by atoms with E-state index in [0.717, 1.165) is 31.2 Å². The van der Waals surface area contributed by atoms with Crippen LogP contribution < -0.4 is 10.6 Å². The van der Waals surface area contributed by atoms with Gasteiger partial charge in [-0.2, -0.15) is 0 Å². The molecule has 23 heavy (non-hydrogen) atoms. The van der Waals surface area contributed by atoms with Gasteiger partial charge in [-0.25, -0.2) is 4.79 Å². The van der Waals surface area contributed by atoms with Crippen molar-refractivity contribution in [1.29, 1.82) is 0 Å². The van der Waals surface area contributed by atoms with Gasteiger partial charge in [0.25, 0.3) is 0 Å². The van der Waals surface area contributed by atoms with E-state index in [2.05, 4.69) is 10.6 Å². The average Bonchev–Trinajstić information content (AvgIpc) is 3.46. The van der Waals surface area contributed by atoms with Gasteiger partial charge in [-0.15, -0.1) is 0 Å². The maximum atomic E-state index is 12.2. The Morgan fingerprint density at radius 3 is 2.26 bits per heavy atom. The zero-order valence-electron chi connectivity index (χ0n) is 13.5. The molecule has 2 aliphatic rings. The smallest absolute Gasteiger partial charge is 0.408 e. The molecular weight excluding hydrogens is 292 g/mol. The van der Waals surface area contributed by atoms with E-state index in [-0.39, 0.29) is 18.4 Å². The fourth-order valence-electron chi connectivity index (χ4n) is 3.28. The monoisotopic (exact) mass is 316 g/mol. The van der Waals surface area contributed by atoms with Gasteiger partial charge in [0, 0.05) is 7.05 Å². The van der Waals surface area contributed by atoms with Crippen LogP contribution in [0.1, 0.15) is 31.2 Å². The molecule has 0 heterocycles. The highest BCUT2D eigenvalue weighted by Gasteiger charge is 2.48. The van der Waals surface area contributed by atoms with Crippen molar-refractivity contribution in [3.63, 3.8) is 0 Å². The summed E-state index contributed by atoms with van der Waals surface area (Å²) in [5.74, 6) is 1.27. The summed E-state index contributed by atoms with van der Waals surface area (Å²) in [6.07, 6.45) is 4.13. The number of nitrogens with one attached hydrogen (secondary N) is 2. The fourth-order valence-corrected chi connectivity index (χ4v) is 3.28. The van der Waals surface area contributed by atoms with Gasteiger partial charge in [0.05, 0.1) is 0 Å². The van der Waals surface area contributed by atoms with Gasteiger partial charge >= 0.3 is 6.09 Å². The molecule has 2 aliphatic carbocycles. The predicted octanol–water partition coefficient (Wildman–Crippen LogP) is 2.46. The topological polar surface area (TPSA) is 67.4 Å². The number of rotatable bonds is 7. The third-order valence-electron chi connectivity index (χ3n) is 4.73. The number of alkyl carbamates (subject to hydrolysis) is 1. The molecule has 0 radical (unpaired) electrons. The molecular formula is C18H24N2O3. The van der Waals surface area contributed by atoms with E-state index in [9.17, 15) is 9.59 Å². The van der Waals surface area contributed by atoms with Crippen LogP contribution in [0.15, 0.2) is 30.3 Å². The first-order valence-corrected chi connectivity index (χ1v) is 8.38. The van der Waals surface area contributed by atoms with Gasteiger partial charge in [-0.1, -0.05) is 30.3 Å². The number of carbonyl (C=O) groups is 2. The quantitative estimate of drug-likeness (QED) is 0.812. The van der Waals surface area contributed by atoms with Crippen molar-refractivity contribution in [3.8, 4) is 0 Å². The van der Waals surface area contributed by atoms with Crippen LogP contribution in [0.25, 0.3) is 0 Å². The lowest BCUT2D eigenvalue weighted by molar-refractivity contribution is -0.124. The second kappa shape index (κ2) is 7.02. The summed E-state index contributed by atoms with van der Waals surface area (Å²) in [5, 5.41) is 5.49. The second-order valence-corrected chi connectivity index (χ2v) is 6.55. The van der Waals surface area contributed by atoms with Crippen LogP contribution in [-0.2, 0) is 16.1 Å². The maximum absolute atomic E-state index is 12.2. The molecule has 1 aromatic carbocycles. The lowest BCUT2D eigenvalue weighted by atomic mass is 9.89. The van der Waals surface area contributed by atoms with E-state index in [4.69, 9.17) is 4.74 Å². The molecule has 5 heteroatoms. The molecule has 1 aromatic rings. The highest BCUT2D eigenvalue weighted by atomic mass is 16.5. The van der Waals surface area contributed by atoms with Crippen LogP contribution in [0.2, 0.25) is 0 Å². The third-order valence-corrected chi connectivity index (χ3v) is 4.73. The third kappa shape index (κ3) is 4.24. The molecule has 1 atom stereocenters. The fraction of sp³-hybridized carbons (Fsp3) is 0.556. The Balaban J connectivity index is 1.59. The average molecular weight is 316 g/mol. The molecule has 2 saturated carbocycles. The zero-order valence-corrected chi connectivity index (χ0v) is 13.5. The Kier molecular flexibility index (Phi) is 4.84. The van der Waals surface area contributed by atoms with E-state index in [1.165, 1.54) is 0 Å². The van der Waals surface area contributed by atoms with E-state index < -0.39 is 12.1 Å². The summed E-state index contributed by atoms with van der Waals surface area (Å²) in [7, 11) is 1.61. The van der Waals surface area contributed by atoms with Gasteiger partial charge < -0.3 is 15.4 Å². The minimum atomic E-state index is -0.520. The molecule has 5 nitrogen and oxygen atoms in total. The second-order valence-electron chi connectivity index (χ2n) is 6.55. The summed E-state index contributed by atoms with van der Waals surface area (Å²) < 4.78 is 5.27. The molecule has 1 unspecified atom stereocenters. The first-order chi connectivity index (χ1) is 11.2. The summed E-state index contributed by atoms with van der Waals surface area (Å²) in [5.41, 5.74) is 0.931. The van der Waals surface area contributed by atoms with E-state index in [1.807, 2.05) is 30.3 Å². The molecule has 0 spiro atoms. The number of carbonyl (C=O) groups excluding carboxylic acids is 2. The summed E-state index contributed by atoms with van der Waals surface area (Å²) >= 11 is 0. The number of ether oxygens (including phenoxy) is 1. The summed E-state index contributed by atoms with van der Waals surface area (Å²) in [4.78, 5) is 24.4. The molecule has 0 saturated heterocycles. The Morgan fingerprint density at radius 1 is 1.13 bits per heavy atom. The van der Waals surface area contributed by atoms with Crippen LogP contribution in [0.5, 0.6) is 0 Å². The largest absolute Gasteiger partial charge is 0.445 e. The minimum Gasteiger partial charge on any atom is -0.445 e. The van der Waals surface area contributed by atoms with Crippen molar-refractivity contribution >= 4 is 12.0 Å². The Morgan fingerprint density at radius 2 is 1.74 bits per heavy atom. The van der Waals surface area contributed by atoms with Crippen LogP contribution in [0, 0.1) is 17.8 Å². The Labute approximate surface area is 136 Å². The molecule has 0 aliphatic heterocycles. The van der Waals surface area contributed by atoms with Gasteiger partial charge in [0.2, 0.25) is 5.91 Å². The molecule has 2 amide bonds.